The first-order valence-electron chi connectivity index (χ1n) is 7.41. The van der Waals surface area contributed by atoms with Gasteiger partial charge in [-0.15, -0.1) is 0 Å². The number of hydrogen-bond acceptors (Lipinski definition) is 4. The SMILES string of the molecule is COC1(c2nc(Cl)cc(C3CCCC3)n2)CCOCC1. The summed E-state index contributed by atoms with van der Waals surface area (Å²) in [7, 11) is 1.73. The Morgan fingerprint density at radius 1 is 1.25 bits per heavy atom. The van der Waals surface area contributed by atoms with Crippen LogP contribution in [0.5, 0.6) is 0 Å². The normalized spacial score (nSPS) is 23.1. The highest BCUT2D eigenvalue weighted by molar-refractivity contribution is 6.29. The molecule has 2 heterocycles. The third kappa shape index (κ3) is 2.69. The largest absolute Gasteiger partial charge is 0.381 e. The summed E-state index contributed by atoms with van der Waals surface area (Å²) in [5.74, 6) is 1.26. The van der Waals surface area contributed by atoms with E-state index in [1.165, 1.54) is 25.7 Å². The summed E-state index contributed by atoms with van der Waals surface area (Å²) in [4.78, 5) is 9.25. The van der Waals surface area contributed by atoms with Crippen LogP contribution in [0.25, 0.3) is 0 Å². The molecule has 5 heteroatoms. The highest BCUT2D eigenvalue weighted by Crippen LogP contribution is 2.37. The summed E-state index contributed by atoms with van der Waals surface area (Å²) in [5, 5.41) is 0.528. The molecule has 0 aromatic carbocycles. The number of ether oxygens (including phenoxy) is 2. The highest BCUT2D eigenvalue weighted by atomic mass is 35.5. The van der Waals surface area contributed by atoms with Crippen LogP contribution in [0.1, 0.15) is 56.0 Å². The second-order valence-corrected chi connectivity index (χ2v) is 6.12. The van der Waals surface area contributed by atoms with Gasteiger partial charge in [0.25, 0.3) is 0 Å². The van der Waals surface area contributed by atoms with Crippen LogP contribution >= 0.6 is 11.6 Å². The zero-order chi connectivity index (χ0) is 14.0. The van der Waals surface area contributed by atoms with E-state index in [2.05, 4.69) is 4.98 Å². The van der Waals surface area contributed by atoms with Crippen molar-refractivity contribution in [2.75, 3.05) is 20.3 Å². The fourth-order valence-corrected chi connectivity index (χ4v) is 3.48. The smallest absolute Gasteiger partial charge is 0.162 e. The van der Waals surface area contributed by atoms with E-state index < -0.39 is 5.60 Å². The second-order valence-electron chi connectivity index (χ2n) is 5.73. The van der Waals surface area contributed by atoms with Crippen LogP contribution in [0.3, 0.4) is 0 Å². The van der Waals surface area contributed by atoms with Gasteiger partial charge in [-0.3, -0.25) is 0 Å². The van der Waals surface area contributed by atoms with Gasteiger partial charge in [0.2, 0.25) is 0 Å². The molecular formula is C15H21ClN2O2. The molecule has 0 unspecified atom stereocenters. The molecule has 0 spiro atoms. The van der Waals surface area contributed by atoms with Crippen molar-refractivity contribution in [1.29, 1.82) is 0 Å². The van der Waals surface area contributed by atoms with Crippen molar-refractivity contribution in [3.8, 4) is 0 Å². The molecule has 2 aliphatic rings. The zero-order valence-corrected chi connectivity index (χ0v) is 12.7. The summed E-state index contributed by atoms with van der Waals surface area (Å²) in [5.41, 5.74) is 0.650. The molecule has 0 amide bonds. The summed E-state index contributed by atoms with van der Waals surface area (Å²) in [6, 6.07) is 1.92. The lowest BCUT2D eigenvalue weighted by atomic mass is 9.92. The van der Waals surface area contributed by atoms with Crippen LogP contribution < -0.4 is 0 Å². The van der Waals surface area contributed by atoms with E-state index in [0.29, 0.717) is 24.3 Å². The lowest BCUT2D eigenvalue weighted by molar-refractivity contribution is -0.100. The minimum Gasteiger partial charge on any atom is -0.381 e. The van der Waals surface area contributed by atoms with Crippen LogP contribution in [0, 0.1) is 0 Å². The van der Waals surface area contributed by atoms with Crippen molar-refractivity contribution in [2.45, 2.75) is 50.0 Å². The molecule has 1 aliphatic carbocycles. The molecule has 1 aromatic rings. The van der Waals surface area contributed by atoms with E-state index in [9.17, 15) is 0 Å². The molecule has 110 valence electrons. The van der Waals surface area contributed by atoms with E-state index in [0.717, 1.165) is 24.4 Å². The van der Waals surface area contributed by atoms with E-state index in [-0.39, 0.29) is 0 Å². The van der Waals surface area contributed by atoms with Gasteiger partial charge in [-0.2, -0.15) is 0 Å². The van der Waals surface area contributed by atoms with Gasteiger partial charge in [-0.05, 0) is 18.9 Å². The summed E-state index contributed by atoms with van der Waals surface area (Å²) < 4.78 is 11.2. The second kappa shape index (κ2) is 5.96. The maximum atomic E-state index is 6.23. The van der Waals surface area contributed by atoms with Gasteiger partial charge in [0.05, 0.1) is 0 Å². The molecule has 1 saturated heterocycles. The Morgan fingerprint density at radius 3 is 2.60 bits per heavy atom. The molecule has 1 saturated carbocycles. The van der Waals surface area contributed by atoms with Crippen molar-refractivity contribution in [2.24, 2.45) is 0 Å². The molecule has 0 N–H and O–H groups in total. The monoisotopic (exact) mass is 296 g/mol. The summed E-state index contributed by atoms with van der Waals surface area (Å²) in [6.07, 6.45) is 6.55. The Balaban J connectivity index is 1.95. The van der Waals surface area contributed by atoms with E-state index >= 15 is 0 Å². The number of methoxy groups -OCH3 is 1. The minimum atomic E-state index is -0.434. The Bertz CT molecular complexity index is 469. The summed E-state index contributed by atoms with van der Waals surface area (Å²) in [6.45, 7) is 1.37. The average Bonchev–Trinajstić information content (AvgIpc) is 3.01. The van der Waals surface area contributed by atoms with Crippen LogP contribution in [0.2, 0.25) is 5.15 Å². The fourth-order valence-electron chi connectivity index (χ4n) is 3.29. The Morgan fingerprint density at radius 2 is 1.95 bits per heavy atom. The first kappa shape index (κ1) is 14.2. The molecule has 0 radical (unpaired) electrons. The number of nitrogens with zero attached hydrogens (tertiary/aromatic N) is 2. The third-order valence-electron chi connectivity index (χ3n) is 4.59. The molecule has 4 nitrogen and oxygen atoms in total. The van der Waals surface area contributed by atoms with E-state index in [1.807, 2.05) is 6.07 Å². The number of aromatic nitrogens is 2. The van der Waals surface area contributed by atoms with Gasteiger partial charge < -0.3 is 9.47 Å². The quantitative estimate of drug-likeness (QED) is 0.802. The maximum Gasteiger partial charge on any atom is 0.162 e. The van der Waals surface area contributed by atoms with Gasteiger partial charge in [-0.25, -0.2) is 9.97 Å². The maximum absolute atomic E-state index is 6.23. The first-order valence-corrected chi connectivity index (χ1v) is 7.79. The van der Waals surface area contributed by atoms with Crippen LogP contribution in [0.15, 0.2) is 6.07 Å². The lowest BCUT2D eigenvalue weighted by Gasteiger charge is -2.34. The Labute approximate surface area is 124 Å². The molecule has 0 bridgehead atoms. The zero-order valence-electron chi connectivity index (χ0n) is 11.9. The van der Waals surface area contributed by atoms with Gasteiger partial charge in [0, 0.05) is 44.8 Å². The van der Waals surface area contributed by atoms with Gasteiger partial charge in [0.15, 0.2) is 5.82 Å². The van der Waals surface area contributed by atoms with Crippen molar-refractivity contribution in [3.05, 3.63) is 22.7 Å². The third-order valence-corrected chi connectivity index (χ3v) is 4.78. The van der Waals surface area contributed by atoms with Crippen molar-refractivity contribution >= 4 is 11.6 Å². The van der Waals surface area contributed by atoms with Crippen molar-refractivity contribution in [1.82, 2.24) is 9.97 Å². The predicted molar refractivity (Wildman–Crippen MR) is 77.0 cm³/mol. The van der Waals surface area contributed by atoms with Crippen LogP contribution in [0.4, 0.5) is 0 Å². The van der Waals surface area contributed by atoms with Gasteiger partial charge in [0.1, 0.15) is 10.8 Å². The number of rotatable bonds is 3. The molecule has 3 rings (SSSR count). The minimum absolute atomic E-state index is 0.434. The lowest BCUT2D eigenvalue weighted by Crippen LogP contribution is -2.37. The van der Waals surface area contributed by atoms with Crippen molar-refractivity contribution in [3.63, 3.8) is 0 Å². The highest BCUT2D eigenvalue weighted by Gasteiger charge is 2.38. The Hall–Kier alpha value is -0.710. The summed E-state index contributed by atoms with van der Waals surface area (Å²) >= 11 is 6.23. The topological polar surface area (TPSA) is 44.2 Å². The number of hydrogen-bond donors (Lipinski definition) is 0. The standard InChI is InChI=1S/C15H21ClN2O2/c1-19-15(6-8-20-9-7-15)14-17-12(10-13(16)18-14)11-4-2-3-5-11/h10-11H,2-9H2,1H3. The van der Waals surface area contributed by atoms with Crippen LogP contribution in [-0.2, 0) is 15.1 Å². The molecule has 2 fully saturated rings. The number of halogens is 1. The van der Waals surface area contributed by atoms with Crippen molar-refractivity contribution < 1.29 is 9.47 Å². The van der Waals surface area contributed by atoms with Gasteiger partial charge in [-0.1, -0.05) is 24.4 Å². The molecule has 0 atom stereocenters. The van der Waals surface area contributed by atoms with E-state index in [1.54, 1.807) is 7.11 Å². The predicted octanol–water partition coefficient (Wildman–Crippen LogP) is 3.44. The molecular weight excluding hydrogens is 276 g/mol. The van der Waals surface area contributed by atoms with Gasteiger partial charge >= 0.3 is 0 Å². The molecule has 1 aromatic heterocycles. The Kier molecular flexibility index (Phi) is 4.24. The molecule has 1 aliphatic heterocycles. The average molecular weight is 297 g/mol. The van der Waals surface area contributed by atoms with E-state index in [4.69, 9.17) is 26.1 Å². The van der Waals surface area contributed by atoms with Crippen LogP contribution in [-0.4, -0.2) is 30.3 Å². The fraction of sp³-hybridized carbons (Fsp3) is 0.733. The molecule has 20 heavy (non-hydrogen) atoms. The first-order chi connectivity index (χ1) is 9.73.